The second kappa shape index (κ2) is 7.08. The van der Waals surface area contributed by atoms with E-state index in [1.54, 1.807) is 20.8 Å². The average Bonchev–Trinajstić information content (AvgIpc) is 2.55. The van der Waals surface area contributed by atoms with Gasteiger partial charge >= 0.3 is 5.97 Å². The molecule has 0 spiro atoms. The quantitative estimate of drug-likeness (QED) is 0.218. The van der Waals surface area contributed by atoms with E-state index in [0.29, 0.717) is 0 Å². The molecule has 0 aromatic carbocycles. The topological polar surface area (TPSA) is 175 Å². The molecule has 3 aliphatic heterocycles. The van der Waals surface area contributed by atoms with E-state index < -0.39 is 53.1 Å². The van der Waals surface area contributed by atoms with Crippen LogP contribution in [0.1, 0.15) is 34.1 Å². The normalized spacial score (nSPS) is 32.6. The summed E-state index contributed by atoms with van der Waals surface area (Å²) in [6.07, 6.45) is -1.33. The van der Waals surface area contributed by atoms with E-state index in [0.717, 1.165) is 13.0 Å². The lowest BCUT2D eigenvalue weighted by Gasteiger charge is -2.49. The number of piperazine rings is 1. The van der Waals surface area contributed by atoms with Crippen molar-refractivity contribution in [3.05, 3.63) is 11.6 Å². The molecule has 11 nitrogen and oxygen atoms in total. The van der Waals surface area contributed by atoms with Crippen LogP contribution in [0.15, 0.2) is 11.6 Å². The summed E-state index contributed by atoms with van der Waals surface area (Å²) in [6, 6.07) is 0. The number of amides is 2. The summed E-state index contributed by atoms with van der Waals surface area (Å²) in [6.45, 7) is 4.72. The largest absolute Gasteiger partial charge is 0.457 e. The summed E-state index contributed by atoms with van der Waals surface area (Å²) in [5.74, 6) is -3.18. The molecule has 0 saturated carbocycles. The number of ether oxygens (including phenoxy) is 2. The molecule has 0 aromatic rings. The van der Waals surface area contributed by atoms with Crippen molar-refractivity contribution in [1.29, 1.82) is 0 Å². The minimum absolute atomic E-state index is 0.167. The first-order chi connectivity index (χ1) is 12.7. The van der Waals surface area contributed by atoms with Gasteiger partial charge in [0, 0.05) is 11.6 Å². The molecule has 0 aliphatic carbocycles. The number of aliphatic hydroxyl groups excluding tert-OH is 2. The van der Waals surface area contributed by atoms with Gasteiger partial charge in [0.25, 0.3) is 17.5 Å². The Morgan fingerprint density at radius 1 is 1.29 bits per heavy atom. The van der Waals surface area contributed by atoms with Gasteiger partial charge in [0.15, 0.2) is 0 Å². The highest BCUT2D eigenvalue weighted by Gasteiger charge is 2.63. The summed E-state index contributed by atoms with van der Waals surface area (Å²) in [5, 5.41) is 44.7. The van der Waals surface area contributed by atoms with Crippen LogP contribution in [0.4, 0.5) is 0 Å². The SMILES string of the molecule is CC(C)(C)OC(=O)C=C1CCO[C@]2([C@@H](O)[C@@](C)(O)CO)NC(=O)[C@@]1(O)NC2=O. The molecule has 3 aliphatic rings. The van der Waals surface area contributed by atoms with Crippen molar-refractivity contribution in [2.45, 2.75) is 62.9 Å². The third-order valence-corrected chi connectivity index (χ3v) is 4.42. The molecular formula is C17H26N2O9. The van der Waals surface area contributed by atoms with Crippen LogP contribution in [-0.2, 0) is 23.9 Å². The highest BCUT2D eigenvalue weighted by Crippen LogP contribution is 2.33. The third kappa shape index (κ3) is 3.89. The van der Waals surface area contributed by atoms with Crippen molar-refractivity contribution in [3.8, 4) is 0 Å². The molecule has 11 heteroatoms. The van der Waals surface area contributed by atoms with Gasteiger partial charge in [-0.15, -0.1) is 0 Å². The monoisotopic (exact) mass is 402 g/mol. The Hall–Kier alpha value is -2.05. The van der Waals surface area contributed by atoms with Gasteiger partial charge in [-0.25, -0.2) is 4.79 Å². The van der Waals surface area contributed by atoms with Crippen LogP contribution in [0, 0.1) is 0 Å². The molecule has 28 heavy (non-hydrogen) atoms. The van der Waals surface area contributed by atoms with Crippen LogP contribution in [0.25, 0.3) is 0 Å². The number of hydrogen-bond acceptors (Lipinski definition) is 9. The van der Waals surface area contributed by atoms with Gasteiger partial charge in [-0.3, -0.25) is 9.59 Å². The zero-order valence-electron chi connectivity index (χ0n) is 16.1. The molecule has 3 fully saturated rings. The van der Waals surface area contributed by atoms with Gasteiger partial charge in [0.2, 0.25) is 5.72 Å². The Morgan fingerprint density at radius 3 is 2.43 bits per heavy atom. The lowest BCUT2D eigenvalue weighted by atomic mass is 9.84. The van der Waals surface area contributed by atoms with Gasteiger partial charge in [-0.1, -0.05) is 0 Å². The standard InChI is InChI=1S/C17H26N2O9/c1-14(2,3)28-10(21)7-9-5-6-27-17(11(22)15(4,25)8-20)13(24)18-16(9,26)12(23)19-17/h7,11,20,22,25-26H,5-6,8H2,1-4H3,(H,18,24)(H,19,23)/t11-,15-,16+,17-/m0/s1. The average molecular weight is 402 g/mol. The summed E-state index contributed by atoms with van der Waals surface area (Å²) >= 11 is 0. The second-order valence-electron chi connectivity index (χ2n) is 8.07. The zero-order valence-corrected chi connectivity index (χ0v) is 16.1. The minimum Gasteiger partial charge on any atom is -0.457 e. The fourth-order valence-electron chi connectivity index (χ4n) is 2.91. The van der Waals surface area contributed by atoms with Crippen LogP contribution < -0.4 is 10.6 Å². The summed E-state index contributed by atoms with van der Waals surface area (Å²) < 4.78 is 10.5. The molecule has 158 valence electrons. The van der Waals surface area contributed by atoms with Crippen molar-refractivity contribution in [1.82, 2.24) is 10.6 Å². The number of rotatable bonds is 4. The molecule has 3 saturated heterocycles. The van der Waals surface area contributed by atoms with Crippen molar-refractivity contribution in [3.63, 3.8) is 0 Å². The number of carbonyl (C=O) groups is 3. The summed E-state index contributed by atoms with van der Waals surface area (Å²) in [7, 11) is 0. The lowest BCUT2D eigenvalue weighted by Crippen LogP contribution is -2.82. The predicted octanol–water partition coefficient (Wildman–Crippen LogP) is -2.59. The Labute approximate surface area is 161 Å². The highest BCUT2D eigenvalue weighted by atomic mass is 16.6. The van der Waals surface area contributed by atoms with Crippen molar-refractivity contribution >= 4 is 17.8 Å². The van der Waals surface area contributed by atoms with Crippen LogP contribution in [0.2, 0.25) is 0 Å². The van der Waals surface area contributed by atoms with Gasteiger partial charge in [-0.05, 0) is 34.1 Å². The molecule has 4 atom stereocenters. The summed E-state index contributed by atoms with van der Waals surface area (Å²) in [4.78, 5) is 37.3. The Kier molecular flexibility index (Phi) is 5.63. The maximum atomic E-state index is 12.7. The lowest BCUT2D eigenvalue weighted by molar-refractivity contribution is -0.230. The number of nitrogens with one attached hydrogen (secondary N) is 2. The van der Waals surface area contributed by atoms with E-state index in [1.807, 2.05) is 5.32 Å². The third-order valence-electron chi connectivity index (χ3n) is 4.42. The van der Waals surface area contributed by atoms with Crippen LogP contribution >= 0.6 is 0 Å². The number of fused-ring (bicyclic) bond motifs is 5. The fourth-order valence-corrected chi connectivity index (χ4v) is 2.91. The Bertz CT molecular complexity index is 712. The van der Waals surface area contributed by atoms with E-state index in [2.05, 4.69) is 5.32 Å². The van der Waals surface area contributed by atoms with Crippen molar-refractivity contribution < 1.29 is 44.3 Å². The zero-order chi connectivity index (χ0) is 21.5. The van der Waals surface area contributed by atoms with Gasteiger partial charge in [0.05, 0.1) is 13.2 Å². The number of hydrogen-bond donors (Lipinski definition) is 6. The van der Waals surface area contributed by atoms with Crippen molar-refractivity contribution in [2.24, 2.45) is 0 Å². The number of esters is 1. The molecule has 6 N–H and O–H groups in total. The van der Waals surface area contributed by atoms with E-state index in [9.17, 15) is 34.8 Å². The fraction of sp³-hybridized carbons (Fsp3) is 0.706. The number of carbonyl (C=O) groups excluding carboxylic acids is 3. The second-order valence-corrected chi connectivity index (χ2v) is 8.07. The van der Waals surface area contributed by atoms with Gasteiger partial charge < -0.3 is 40.5 Å². The molecule has 2 amide bonds. The molecule has 0 unspecified atom stereocenters. The van der Waals surface area contributed by atoms with E-state index in [1.165, 1.54) is 0 Å². The number of aliphatic hydroxyl groups is 4. The van der Waals surface area contributed by atoms with E-state index in [-0.39, 0.29) is 18.6 Å². The van der Waals surface area contributed by atoms with Gasteiger partial charge in [-0.2, -0.15) is 0 Å². The van der Waals surface area contributed by atoms with Crippen LogP contribution in [0.3, 0.4) is 0 Å². The van der Waals surface area contributed by atoms with E-state index >= 15 is 0 Å². The first kappa shape index (κ1) is 22.2. The Balaban J connectivity index is 2.41. The predicted molar refractivity (Wildman–Crippen MR) is 92.2 cm³/mol. The van der Waals surface area contributed by atoms with E-state index in [4.69, 9.17) is 9.47 Å². The maximum absolute atomic E-state index is 12.7. The van der Waals surface area contributed by atoms with Crippen LogP contribution in [0.5, 0.6) is 0 Å². The molecule has 3 heterocycles. The smallest absolute Gasteiger partial charge is 0.331 e. The molecule has 0 radical (unpaired) electrons. The maximum Gasteiger partial charge on any atom is 0.331 e. The summed E-state index contributed by atoms with van der Waals surface area (Å²) in [5.41, 5.74) is -8.21. The minimum atomic E-state index is -2.58. The van der Waals surface area contributed by atoms with Crippen molar-refractivity contribution in [2.75, 3.05) is 13.2 Å². The first-order valence-corrected chi connectivity index (χ1v) is 8.65. The first-order valence-electron chi connectivity index (χ1n) is 8.65. The highest BCUT2D eigenvalue weighted by molar-refractivity contribution is 6.03. The molecule has 0 aromatic heterocycles. The van der Waals surface area contributed by atoms with Crippen LogP contribution in [-0.4, -0.2) is 80.2 Å². The van der Waals surface area contributed by atoms with Gasteiger partial charge in [0.1, 0.15) is 17.3 Å². The Morgan fingerprint density at radius 2 is 1.89 bits per heavy atom. The molecular weight excluding hydrogens is 376 g/mol. The molecule has 2 bridgehead atoms. The molecule has 3 rings (SSSR count).